The molecule has 0 bridgehead atoms. The van der Waals surface area contributed by atoms with Gasteiger partial charge in [-0.3, -0.25) is 9.48 Å². The molecule has 5 nitrogen and oxygen atoms in total. The van der Waals surface area contributed by atoms with Crippen molar-refractivity contribution in [2.45, 2.75) is 46.7 Å². The Hall–Kier alpha value is -2.34. The van der Waals surface area contributed by atoms with Crippen molar-refractivity contribution >= 4 is 33.1 Å². The molecule has 0 spiro atoms. The third-order valence-electron chi connectivity index (χ3n) is 5.55. The molecule has 3 aromatic rings. The molecular formula is C23H30N4OS. The van der Waals surface area contributed by atoms with Crippen molar-refractivity contribution in [3.8, 4) is 0 Å². The number of hydrogen-bond acceptors (Lipinski definition) is 4. The van der Waals surface area contributed by atoms with Gasteiger partial charge in [0.25, 0.3) is 5.91 Å². The van der Waals surface area contributed by atoms with E-state index in [2.05, 4.69) is 52.8 Å². The maximum Gasteiger partial charge on any atom is 0.264 e. The number of aryl methyl sites for hydroxylation is 1. The Balaban J connectivity index is 1.56. The predicted molar refractivity (Wildman–Crippen MR) is 121 cm³/mol. The smallest absolute Gasteiger partial charge is 0.264 e. The highest BCUT2D eigenvalue weighted by molar-refractivity contribution is 7.20. The van der Waals surface area contributed by atoms with E-state index in [0.29, 0.717) is 12.5 Å². The van der Waals surface area contributed by atoms with Crippen LogP contribution in [0.5, 0.6) is 0 Å². The Morgan fingerprint density at radius 3 is 2.69 bits per heavy atom. The van der Waals surface area contributed by atoms with E-state index in [-0.39, 0.29) is 5.91 Å². The van der Waals surface area contributed by atoms with Gasteiger partial charge in [0.2, 0.25) is 0 Å². The van der Waals surface area contributed by atoms with Gasteiger partial charge in [-0.25, -0.2) is 0 Å². The zero-order chi connectivity index (χ0) is 20.5. The van der Waals surface area contributed by atoms with Gasteiger partial charge >= 0.3 is 0 Å². The second kappa shape index (κ2) is 8.19. The van der Waals surface area contributed by atoms with Gasteiger partial charge in [0.15, 0.2) is 0 Å². The van der Waals surface area contributed by atoms with Gasteiger partial charge in [0.05, 0.1) is 10.6 Å². The van der Waals surface area contributed by atoms with E-state index < -0.39 is 0 Å². The van der Waals surface area contributed by atoms with Crippen LogP contribution in [-0.4, -0.2) is 40.7 Å². The first-order valence-electron chi connectivity index (χ1n) is 10.5. The zero-order valence-corrected chi connectivity index (χ0v) is 18.6. The minimum Gasteiger partial charge on any atom is -0.371 e. The lowest BCUT2D eigenvalue weighted by Gasteiger charge is -2.24. The molecule has 154 valence electrons. The Kier molecular flexibility index (Phi) is 5.63. The van der Waals surface area contributed by atoms with E-state index in [0.717, 1.165) is 40.4 Å². The number of anilines is 1. The number of hydrogen-bond donors (Lipinski definition) is 0. The third-order valence-corrected chi connectivity index (χ3v) is 6.69. The summed E-state index contributed by atoms with van der Waals surface area (Å²) in [6.45, 7) is 10.1. The number of thiophene rings is 1. The van der Waals surface area contributed by atoms with Crippen LogP contribution < -0.4 is 4.90 Å². The quantitative estimate of drug-likeness (QED) is 0.578. The molecule has 0 aliphatic carbocycles. The van der Waals surface area contributed by atoms with Crippen molar-refractivity contribution in [1.29, 1.82) is 0 Å². The molecule has 1 amide bonds. The molecular weight excluding hydrogens is 380 g/mol. The molecule has 6 heteroatoms. The van der Waals surface area contributed by atoms with Crippen LogP contribution in [0.1, 0.15) is 47.6 Å². The second-order valence-electron chi connectivity index (χ2n) is 8.47. The van der Waals surface area contributed by atoms with Gasteiger partial charge in [-0.15, -0.1) is 11.3 Å². The number of aromatic nitrogens is 2. The van der Waals surface area contributed by atoms with Gasteiger partial charge in [-0.2, -0.15) is 5.10 Å². The van der Waals surface area contributed by atoms with Gasteiger partial charge in [0, 0.05) is 44.3 Å². The molecule has 0 N–H and O–H groups in total. The molecule has 1 aromatic carbocycles. The van der Waals surface area contributed by atoms with Crippen LogP contribution >= 0.6 is 11.3 Å². The summed E-state index contributed by atoms with van der Waals surface area (Å²) in [5.74, 6) is 0.599. The van der Waals surface area contributed by atoms with Gasteiger partial charge in [-0.1, -0.05) is 32.0 Å². The molecule has 0 saturated carbocycles. The van der Waals surface area contributed by atoms with E-state index in [1.165, 1.54) is 24.1 Å². The zero-order valence-electron chi connectivity index (χ0n) is 17.8. The van der Waals surface area contributed by atoms with Gasteiger partial charge in [0.1, 0.15) is 4.83 Å². The second-order valence-corrected chi connectivity index (χ2v) is 9.51. The summed E-state index contributed by atoms with van der Waals surface area (Å²) in [4.78, 5) is 19.4. The van der Waals surface area contributed by atoms with Crippen molar-refractivity contribution in [2.75, 3.05) is 25.0 Å². The standard InChI is InChI=1S/C23H30N4OS/c1-16(2)14-27-23-19(17(3)24-27)13-21(29-23)22(28)25(4)15-18-9-5-6-10-20(18)26-11-7-8-12-26/h5-6,9-10,13,16H,7-8,11-12,14-15H2,1-4H3. The molecule has 1 saturated heterocycles. The van der Waals surface area contributed by atoms with Crippen molar-refractivity contribution in [1.82, 2.24) is 14.7 Å². The summed E-state index contributed by atoms with van der Waals surface area (Å²) in [6, 6.07) is 10.5. The van der Waals surface area contributed by atoms with Crippen LogP contribution in [0.3, 0.4) is 0 Å². The summed E-state index contributed by atoms with van der Waals surface area (Å²) in [5, 5.41) is 5.76. The number of benzene rings is 1. The van der Waals surface area contributed by atoms with E-state index in [9.17, 15) is 4.79 Å². The topological polar surface area (TPSA) is 41.4 Å². The van der Waals surface area contributed by atoms with Gasteiger partial charge < -0.3 is 9.80 Å². The lowest BCUT2D eigenvalue weighted by molar-refractivity contribution is 0.0790. The molecule has 0 unspecified atom stereocenters. The van der Waals surface area contributed by atoms with Crippen LogP contribution in [0.2, 0.25) is 0 Å². The summed E-state index contributed by atoms with van der Waals surface area (Å²) in [5.41, 5.74) is 3.48. The monoisotopic (exact) mass is 410 g/mol. The van der Waals surface area contributed by atoms with Crippen molar-refractivity contribution in [3.05, 3.63) is 46.5 Å². The summed E-state index contributed by atoms with van der Waals surface area (Å²) < 4.78 is 2.06. The molecule has 4 rings (SSSR count). The third kappa shape index (κ3) is 4.04. The molecule has 2 aromatic heterocycles. The molecule has 1 fully saturated rings. The fourth-order valence-electron chi connectivity index (χ4n) is 4.11. The summed E-state index contributed by atoms with van der Waals surface area (Å²) >= 11 is 1.56. The van der Waals surface area contributed by atoms with Crippen LogP contribution in [0, 0.1) is 12.8 Å². The molecule has 1 aliphatic rings. The maximum absolute atomic E-state index is 13.2. The minimum atomic E-state index is 0.0814. The van der Waals surface area contributed by atoms with Crippen LogP contribution in [-0.2, 0) is 13.1 Å². The predicted octanol–water partition coefficient (Wildman–Crippen LogP) is 4.93. The largest absolute Gasteiger partial charge is 0.371 e. The van der Waals surface area contributed by atoms with Crippen LogP contribution in [0.4, 0.5) is 5.69 Å². The first-order chi connectivity index (χ1) is 13.9. The fourth-order valence-corrected chi connectivity index (χ4v) is 5.28. The van der Waals surface area contributed by atoms with E-state index in [1.54, 1.807) is 11.3 Å². The summed E-state index contributed by atoms with van der Waals surface area (Å²) in [6.07, 6.45) is 2.50. The fraction of sp³-hybridized carbons (Fsp3) is 0.478. The molecule has 0 atom stereocenters. The summed E-state index contributed by atoms with van der Waals surface area (Å²) in [7, 11) is 1.90. The number of carbonyl (C=O) groups is 1. The average Bonchev–Trinajstić information content (AvgIpc) is 3.41. The number of rotatable bonds is 6. The van der Waals surface area contributed by atoms with Crippen molar-refractivity contribution in [3.63, 3.8) is 0 Å². The molecule has 1 aliphatic heterocycles. The van der Waals surface area contributed by atoms with E-state index in [4.69, 9.17) is 0 Å². The lowest BCUT2D eigenvalue weighted by atomic mass is 10.1. The molecule has 0 radical (unpaired) electrons. The maximum atomic E-state index is 13.2. The van der Waals surface area contributed by atoms with Gasteiger partial charge in [-0.05, 0) is 43.4 Å². The average molecular weight is 411 g/mol. The Morgan fingerprint density at radius 1 is 1.24 bits per heavy atom. The molecule has 29 heavy (non-hydrogen) atoms. The highest BCUT2D eigenvalue weighted by Crippen LogP contribution is 2.31. The highest BCUT2D eigenvalue weighted by Gasteiger charge is 2.21. The first-order valence-corrected chi connectivity index (χ1v) is 11.3. The number of nitrogens with zero attached hydrogens (tertiary/aromatic N) is 4. The Morgan fingerprint density at radius 2 is 1.97 bits per heavy atom. The number of carbonyl (C=O) groups excluding carboxylic acids is 1. The first kappa shape index (κ1) is 20.0. The van der Waals surface area contributed by atoms with Crippen molar-refractivity contribution < 1.29 is 4.79 Å². The normalized spacial score (nSPS) is 14.3. The highest BCUT2D eigenvalue weighted by atomic mass is 32.1. The number of fused-ring (bicyclic) bond motifs is 1. The molecule has 3 heterocycles. The Bertz CT molecular complexity index is 1010. The lowest BCUT2D eigenvalue weighted by Crippen LogP contribution is -2.27. The van der Waals surface area contributed by atoms with Crippen LogP contribution in [0.15, 0.2) is 30.3 Å². The van der Waals surface area contributed by atoms with Crippen LogP contribution in [0.25, 0.3) is 10.2 Å². The SMILES string of the molecule is Cc1nn(CC(C)C)c2sc(C(=O)N(C)Cc3ccccc3N3CCCC3)cc12. The number of amides is 1. The number of para-hydroxylation sites is 1. The van der Waals surface area contributed by atoms with E-state index in [1.807, 2.05) is 24.9 Å². The Labute approximate surface area is 176 Å². The van der Waals surface area contributed by atoms with Crippen molar-refractivity contribution in [2.24, 2.45) is 5.92 Å². The van der Waals surface area contributed by atoms with E-state index >= 15 is 0 Å². The minimum absolute atomic E-state index is 0.0814.